The molecule has 0 aliphatic heterocycles. The fourth-order valence-corrected chi connectivity index (χ4v) is 4.37. The molecule has 0 aliphatic rings. The van der Waals surface area contributed by atoms with Gasteiger partial charge < -0.3 is 15.0 Å². The number of aryl methyl sites for hydroxylation is 2. The smallest absolute Gasteiger partial charge is 0.406 e. The quantitative estimate of drug-likeness (QED) is 0.182. The lowest BCUT2D eigenvalue weighted by Crippen LogP contribution is -2.18. The summed E-state index contributed by atoms with van der Waals surface area (Å²) in [4.78, 5) is 31.4. The minimum Gasteiger partial charge on any atom is -0.406 e. The Kier molecular flexibility index (Phi) is 9.25. The lowest BCUT2D eigenvalue weighted by Gasteiger charge is -2.10. The summed E-state index contributed by atoms with van der Waals surface area (Å²) in [6.45, 7) is 0.260. The minimum absolute atomic E-state index is 0.153. The Labute approximate surface area is 224 Å². The van der Waals surface area contributed by atoms with Crippen molar-refractivity contribution in [3.8, 4) is 5.75 Å². The van der Waals surface area contributed by atoms with E-state index in [4.69, 9.17) is 0 Å². The van der Waals surface area contributed by atoms with Gasteiger partial charge in [0.05, 0.1) is 23.5 Å². The molecule has 11 nitrogen and oxygen atoms in total. The molecule has 15 heteroatoms. The fourth-order valence-electron chi connectivity index (χ4n) is 3.55. The first-order valence-electron chi connectivity index (χ1n) is 11.9. The van der Waals surface area contributed by atoms with Crippen molar-refractivity contribution in [1.29, 1.82) is 0 Å². The third-order valence-corrected chi connectivity index (χ3v) is 6.36. The van der Waals surface area contributed by atoms with Crippen LogP contribution in [0.15, 0.2) is 48.9 Å². The van der Waals surface area contributed by atoms with E-state index in [0.717, 1.165) is 46.1 Å². The van der Waals surface area contributed by atoms with Crippen molar-refractivity contribution >= 4 is 28.2 Å². The van der Waals surface area contributed by atoms with E-state index in [-0.39, 0.29) is 18.8 Å². The van der Waals surface area contributed by atoms with Crippen LogP contribution >= 0.6 is 11.3 Å². The number of benzene rings is 1. The molecule has 204 valence electrons. The molecule has 0 bridgehead atoms. The second-order valence-corrected chi connectivity index (χ2v) is 9.49. The molecular formula is C24H24F3N8O3S+. The molecule has 4 rings (SSSR count). The number of ether oxygens (including phenoxy) is 1. The van der Waals surface area contributed by atoms with Crippen molar-refractivity contribution in [2.75, 3.05) is 11.9 Å². The molecular weight excluding hydrogens is 537 g/mol. The van der Waals surface area contributed by atoms with Gasteiger partial charge in [-0.3, -0.25) is 4.79 Å². The molecule has 0 fully saturated rings. The number of aromatic amines is 1. The second kappa shape index (κ2) is 13.0. The van der Waals surface area contributed by atoms with Crippen LogP contribution in [0.3, 0.4) is 0 Å². The van der Waals surface area contributed by atoms with Crippen LogP contribution < -0.4 is 10.1 Å². The summed E-state index contributed by atoms with van der Waals surface area (Å²) in [5, 5.41) is 19.9. The van der Waals surface area contributed by atoms with Crippen molar-refractivity contribution in [2.24, 2.45) is 0 Å². The first kappa shape index (κ1) is 27.8. The first-order valence-corrected chi connectivity index (χ1v) is 12.8. The summed E-state index contributed by atoms with van der Waals surface area (Å²) < 4.78 is 41.9. The Morgan fingerprint density at radius 3 is 2.64 bits per heavy atom. The Bertz CT molecular complexity index is 1380. The highest BCUT2D eigenvalue weighted by Gasteiger charge is 2.31. The van der Waals surface area contributed by atoms with Gasteiger partial charge in [-0.2, -0.15) is 5.10 Å². The predicted octanol–water partition coefficient (Wildman–Crippen LogP) is 4.35. The molecule has 1 aromatic carbocycles. The van der Waals surface area contributed by atoms with Gasteiger partial charge in [0.1, 0.15) is 17.3 Å². The summed E-state index contributed by atoms with van der Waals surface area (Å²) in [5.41, 5.74) is 1.98. The van der Waals surface area contributed by atoms with Gasteiger partial charge in [0, 0.05) is 24.7 Å². The molecule has 0 atom stereocenters. The molecule has 0 spiro atoms. The van der Waals surface area contributed by atoms with Gasteiger partial charge in [-0.15, -0.1) is 18.3 Å². The number of carbonyl (C=O) groups is 1. The Morgan fingerprint density at radius 2 is 1.90 bits per heavy atom. The van der Waals surface area contributed by atoms with Gasteiger partial charge in [0.25, 0.3) is 0 Å². The normalized spacial score (nSPS) is 11.4. The van der Waals surface area contributed by atoms with E-state index in [0.29, 0.717) is 30.0 Å². The van der Waals surface area contributed by atoms with Crippen LogP contribution in [0.2, 0.25) is 0 Å². The number of H-pyrrole nitrogens is 1. The molecule has 0 unspecified atom stereocenters. The van der Waals surface area contributed by atoms with Crippen LogP contribution in [0.1, 0.15) is 34.8 Å². The number of nitrogens with zero attached hydrogens (tertiary/aromatic N) is 6. The third kappa shape index (κ3) is 9.21. The molecule has 1 amide bonds. The Balaban J connectivity index is 1.16. The number of anilines is 1. The molecule has 4 aromatic rings. The fraction of sp³-hybridized carbons (Fsp3) is 0.333. The number of halogens is 3. The van der Waals surface area contributed by atoms with E-state index in [1.54, 1.807) is 24.7 Å². The molecule has 3 aromatic heterocycles. The topological polar surface area (TPSA) is 139 Å². The van der Waals surface area contributed by atoms with Crippen LogP contribution in [0.25, 0.3) is 0 Å². The SMILES string of the molecule is O=C(Cc1cccc(OC(F)(F)F)c1)Nc1ccc(CCCCc2nnc([N+](=O)CCc3cnc[nH]3)s2)nn1. The molecule has 0 saturated carbocycles. The largest absolute Gasteiger partial charge is 0.573 e. The van der Waals surface area contributed by atoms with Gasteiger partial charge in [-0.05, 0) is 70.3 Å². The number of amides is 1. The molecule has 0 radical (unpaired) electrons. The van der Waals surface area contributed by atoms with Crippen molar-refractivity contribution in [3.63, 3.8) is 0 Å². The highest BCUT2D eigenvalue weighted by molar-refractivity contribution is 7.14. The van der Waals surface area contributed by atoms with E-state index in [1.807, 2.05) is 0 Å². The summed E-state index contributed by atoms with van der Waals surface area (Å²) in [5.74, 6) is -0.602. The average Bonchev–Trinajstić information content (AvgIpc) is 3.58. The van der Waals surface area contributed by atoms with Crippen LogP contribution in [0.4, 0.5) is 24.1 Å². The maximum Gasteiger partial charge on any atom is 0.573 e. The van der Waals surface area contributed by atoms with E-state index < -0.39 is 18.0 Å². The molecule has 39 heavy (non-hydrogen) atoms. The van der Waals surface area contributed by atoms with E-state index in [1.165, 1.54) is 23.5 Å². The summed E-state index contributed by atoms with van der Waals surface area (Å²) >= 11 is 1.28. The van der Waals surface area contributed by atoms with Crippen LogP contribution in [-0.2, 0) is 30.5 Å². The van der Waals surface area contributed by atoms with Crippen LogP contribution in [-0.4, -0.2) is 53.9 Å². The van der Waals surface area contributed by atoms with Crippen molar-refractivity contribution in [1.82, 2.24) is 30.4 Å². The monoisotopic (exact) mass is 561 g/mol. The van der Waals surface area contributed by atoms with Crippen molar-refractivity contribution in [2.45, 2.75) is 44.9 Å². The number of imidazole rings is 1. The zero-order valence-electron chi connectivity index (χ0n) is 20.5. The highest BCUT2D eigenvalue weighted by Crippen LogP contribution is 2.24. The van der Waals surface area contributed by atoms with Gasteiger partial charge in [0.2, 0.25) is 5.91 Å². The zero-order chi connectivity index (χ0) is 27.7. The van der Waals surface area contributed by atoms with Gasteiger partial charge in [-0.25, -0.2) is 4.98 Å². The number of rotatable bonds is 13. The van der Waals surface area contributed by atoms with E-state index in [2.05, 4.69) is 40.4 Å². The highest BCUT2D eigenvalue weighted by atomic mass is 32.1. The molecule has 0 aliphatic carbocycles. The van der Waals surface area contributed by atoms with E-state index >= 15 is 0 Å². The lowest BCUT2D eigenvalue weighted by molar-refractivity contribution is -0.462. The first-order chi connectivity index (χ1) is 18.7. The molecule has 3 heterocycles. The van der Waals surface area contributed by atoms with Gasteiger partial charge >= 0.3 is 11.5 Å². The van der Waals surface area contributed by atoms with Crippen LogP contribution in [0, 0.1) is 4.91 Å². The Morgan fingerprint density at radius 1 is 1.05 bits per heavy atom. The summed E-state index contributed by atoms with van der Waals surface area (Å²) in [6.07, 6.45) is 1.80. The second-order valence-electron chi connectivity index (χ2n) is 8.44. The maximum atomic E-state index is 12.4. The molecule has 0 saturated heterocycles. The molecule has 2 N–H and O–H groups in total. The lowest BCUT2D eigenvalue weighted by atomic mass is 10.1. The maximum absolute atomic E-state index is 12.4. The van der Waals surface area contributed by atoms with Crippen molar-refractivity contribution < 1.29 is 27.5 Å². The number of carbonyl (C=O) groups excluding carboxylic acids is 1. The third-order valence-electron chi connectivity index (χ3n) is 5.37. The zero-order valence-corrected chi connectivity index (χ0v) is 21.3. The number of alkyl halides is 3. The number of aromatic nitrogens is 6. The summed E-state index contributed by atoms with van der Waals surface area (Å²) in [7, 11) is 0. The number of hydrogen-bond donors (Lipinski definition) is 2. The summed E-state index contributed by atoms with van der Waals surface area (Å²) in [6, 6.07) is 8.59. The number of hydrogen-bond acceptors (Lipinski definition) is 9. The number of unbranched alkanes of at least 4 members (excludes halogenated alkanes) is 1. The average molecular weight is 562 g/mol. The standard InChI is InChI=1S/C24H23F3N8O3S/c25-24(26,27)38-19-6-3-4-16(12-19)13-21(36)30-20-9-8-17(31-32-20)5-1-2-7-22-33-34-23(39-22)35(37)11-10-18-14-28-15-29-18/h3-4,6,8-9,12,14-15H,1-2,5,7,10-11,13H2,(H-,28,29,30,32,36)/p+1. The van der Waals surface area contributed by atoms with Gasteiger partial charge in [-0.1, -0.05) is 17.0 Å². The van der Waals surface area contributed by atoms with Crippen LogP contribution in [0.5, 0.6) is 5.75 Å². The van der Waals surface area contributed by atoms with Gasteiger partial charge in [0.15, 0.2) is 5.82 Å². The minimum atomic E-state index is -4.80. The predicted molar refractivity (Wildman–Crippen MR) is 134 cm³/mol. The van der Waals surface area contributed by atoms with E-state index in [9.17, 15) is 22.9 Å². The Hall–Kier alpha value is -4.27. The number of nitroso groups, excluding NO2 is 1. The number of nitrogens with one attached hydrogen (secondary N) is 2. The van der Waals surface area contributed by atoms with Crippen molar-refractivity contribution in [3.05, 3.63) is 75.8 Å².